The van der Waals surface area contributed by atoms with Crippen LogP contribution in [0, 0.1) is 11.8 Å². The van der Waals surface area contributed by atoms with Crippen molar-refractivity contribution in [2.24, 2.45) is 0 Å². The lowest BCUT2D eigenvalue weighted by Crippen LogP contribution is -2.14. The maximum Gasteiger partial charge on any atom is 0.228 e. The number of amides is 1. The van der Waals surface area contributed by atoms with Crippen LogP contribution in [-0.2, 0) is 11.2 Å². The number of carbonyl (C=O) groups is 1. The lowest BCUT2D eigenvalue weighted by molar-refractivity contribution is -0.115. The summed E-state index contributed by atoms with van der Waals surface area (Å²) in [7, 11) is 0. The molecule has 0 bridgehead atoms. The van der Waals surface area contributed by atoms with Crippen molar-refractivity contribution in [1.82, 2.24) is 4.98 Å². The molecule has 1 aromatic heterocycles. The van der Waals surface area contributed by atoms with Crippen molar-refractivity contribution in [1.29, 1.82) is 0 Å². The van der Waals surface area contributed by atoms with Crippen LogP contribution in [0.2, 0.25) is 0 Å². The van der Waals surface area contributed by atoms with Crippen LogP contribution in [0.4, 0.5) is 5.69 Å². The van der Waals surface area contributed by atoms with Gasteiger partial charge in [-0.1, -0.05) is 12.1 Å². The van der Waals surface area contributed by atoms with E-state index in [1.807, 2.05) is 49.4 Å². The molecule has 0 saturated carbocycles. The first-order chi connectivity index (χ1) is 13.7. The monoisotopic (exact) mass is 392 g/mol. The minimum Gasteiger partial charge on any atom is -0.494 e. The van der Waals surface area contributed by atoms with Crippen LogP contribution in [0.25, 0.3) is 10.2 Å². The Labute approximate surface area is 170 Å². The molecule has 1 amide bonds. The fourth-order valence-corrected chi connectivity index (χ4v) is 3.59. The number of thiazole rings is 1. The van der Waals surface area contributed by atoms with Gasteiger partial charge in [0.2, 0.25) is 5.91 Å². The largest absolute Gasteiger partial charge is 0.494 e. The van der Waals surface area contributed by atoms with Crippen molar-refractivity contribution < 1.29 is 9.53 Å². The number of benzene rings is 2. The van der Waals surface area contributed by atoms with Crippen LogP contribution in [0.1, 0.15) is 38.2 Å². The second-order valence-corrected chi connectivity index (χ2v) is 7.38. The molecule has 0 radical (unpaired) electrons. The molecule has 0 saturated heterocycles. The van der Waals surface area contributed by atoms with Gasteiger partial charge in [-0.15, -0.1) is 23.2 Å². The third-order valence-electron chi connectivity index (χ3n) is 4.27. The Morgan fingerprint density at radius 2 is 2.11 bits per heavy atom. The van der Waals surface area contributed by atoms with Crippen molar-refractivity contribution >= 4 is 33.1 Å². The number of nitrogens with one attached hydrogen (secondary N) is 1. The minimum absolute atomic E-state index is 0.0435. The Morgan fingerprint density at radius 1 is 1.18 bits per heavy atom. The maximum atomic E-state index is 12.4. The molecule has 1 heterocycles. The summed E-state index contributed by atoms with van der Waals surface area (Å²) in [5.41, 5.74) is 4.49. The average Bonchev–Trinajstić information content (AvgIpc) is 3.15. The molecule has 0 unspecified atom stereocenters. The molecule has 0 aliphatic rings. The molecule has 5 heteroatoms. The smallest absolute Gasteiger partial charge is 0.228 e. The van der Waals surface area contributed by atoms with Crippen LogP contribution in [-0.4, -0.2) is 17.5 Å². The van der Waals surface area contributed by atoms with Crippen LogP contribution < -0.4 is 10.1 Å². The summed E-state index contributed by atoms with van der Waals surface area (Å²) in [4.78, 5) is 16.6. The average molecular weight is 393 g/mol. The lowest BCUT2D eigenvalue weighted by Gasteiger charge is -2.09. The summed E-state index contributed by atoms with van der Waals surface area (Å²) < 4.78 is 6.88. The summed E-state index contributed by atoms with van der Waals surface area (Å²) in [6, 6.07) is 13.5. The molecule has 0 aliphatic heterocycles. The second-order valence-electron chi connectivity index (χ2n) is 6.49. The standard InChI is InChI=1S/C23H24N2O2S/c1-2-3-4-5-6-7-13-27-20-10-8-9-18(14-20)15-23(26)25-19-11-12-21-22(16-19)28-17-24-21/h8-12,14,16-17H,4-7,13,15H2,1H3,(H,25,26). The van der Waals surface area contributed by atoms with Crippen LogP contribution >= 0.6 is 11.3 Å². The second kappa shape index (κ2) is 10.5. The number of unbranched alkanes of at least 4 members (excludes halogenated alkanes) is 3. The SMILES string of the molecule is CC#CCCCCCOc1cccc(CC(=O)Nc2ccc3ncsc3c2)c1. The van der Waals surface area contributed by atoms with Gasteiger partial charge in [0, 0.05) is 12.1 Å². The van der Waals surface area contributed by atoms with Gasteiger partial charge >= 0.3 is 0 Å². The topological polar surface area (TPSA) is 51.2 Å². The van der Waals surface area contributed by atoms with E-state index in [1.165, 1.54) is 0 Å². The molecule has 144 valence electrons. The minimum atomic E-state index is -0.0435. The molecule has 0 fully saturated rings. The van der Waals surface area contributed by atoms with Gasteiger partial charge in [0.05, 0.1) is 28.8 Å². The number of nitrogens with zero attached hydrogens (tertiary/aromatic N) is 1. The van der Waals surface area contributed by atoms with Gasteiger partial charge < -0.3 is 10.1 Å². The van der Waals surface area contributed by atoms with E-state index in [2.05, 4.69) is 22.1 Å². The zero-order chi connectivity index (χ0) is 19.6. The fraction of sp³-hybridized carbons (Fsp3) is 0.304. The van der Waals surface area contributed by atoms with Crippen LogP contribution in [0.3, 0.4) is 0 Å². The van der Waals surface area contributed by atoms with Gasteiger partial charge in [-0.2, -0.15) is 0 Å². The molecule has 0 atom stereocenters. The van der Waals surface area contributed by atoms with Gasteiger partial charge in [0.15, 0.2) is 0 Å². The van der Waals surface area contributed by atoms with Gasteiger partial charge in [-0.25, -0.2) is 4.98 Å². The van der Waals surface area contributed by atoms with E-state index >= 15 is 0 Å². The van der Waals surface area contributed by atoms with Gasteiger partial charge in [0.25, 0.3) is 0 Å². The van der Waals surface area contributed by atoms with E-state index in [-0.39, 0.29) is 5.91 Å². The number of carbonyl (C=O) groups excluding carboxylic acids is 1. The van der Waals surface area contributed by atoms with Crippen LogP contribution in [0.5, 0.6) is 5.75 Å². The number of rotatable bonds is 9. The van der Waals surface area contributed by atoms with E-state index in [0.29, 0.717) is 13.0 Å². The number of hydrogen-bond acceptors (Lipinski definition) is 4. The van der Waals surface area contributed by atoms with E-state index in [0.717, 1.165) is 52.9 Å². The molecular weight excluding hydrogens is 368 g/mol. The quantitative estimate of drug-likeness (QED) is 0.390. The molecule has 0 aliphatic carbocycles. The summed E-state index contributed by atoms with van der Waals surface area (Å²) in [6.07, 6.45) is 4.50. The third-order valence-corrected chi connectivity index (χ3v) is 5.06. The Morgan fingerprint density at radius 3 is 3.00 bits per heavy atom. The highest BCUT2D eigenvalue weighted by Crippen LogP contribution is 2.22. The zero-order valence-corrected chi connectivity index (χ0v) is 16.8. The summed E-state index contributed by atoms with van der Waals surface area (Å²) in [5, 5.41) is 2.96. The molecule has 3 rings (SSSR count). The van der Waals surface area contributed by atoms with E-state index in [9.17, 15) is 4.79 Å². The molecule has 4 nitrogen and oxygen atoms in total. The number of aromatic nitrogens is 1. The molecule has 1 N–H and O–H groups in total. The highest BCUT2D eigenvalue weighted by Gasteiger charge is 2.07. The number of ether oxygens (including phenoxy) is 1. The summed E-state index contributed by atoms with van der Waals surface area (Å²) in [5.74, 6) is 6.75. The van der Waals surface area contributed by atoms with Crippen molar-refractivity contribution in [3.63, 3.8) is 0 Å². The first-order valence-electron chi connectivity index (χ1n) is 9.49. The maximum absolute atomic E-state index is 12.4. The first kappa shape index (κ1) is 19.9. The highest BCUT2D eigenvalue weighted by molar-refractivity contribution is 7.16. The molecule has 2 aromatic carbocycles. The zero-order valence-electron chi connectivity index (χ0n) is 16.0. The van der Waals surface area contributed by atoms with Gasteiger partial charge in [-0.3, -0.25) is 4.79 Å². The van der Waals surface area contributed by atoms with E-state index < -0.39 is 0 Å². The van der Waals surface area contributed by atoms with Crippen molar-refractivity contribution in [2.45, 2.75) is 39.0 Å². The van der Waals surface area contributed by atoms with Gasteiger partial charge in [0.1, 0.15) is 5.75 Å². The normalized spacial score (nSPS) is 10.3. The Bertz CT molecular complexity index is 985. The molecule has 3 aromatic rings. The molecular formula is C23H24N2O2S. The number of fused-ring (bicyclic) bond motifs is 1. The first-order valence-corrected chi connectivity index (χ1v) is 10.4. The molecule has 0 spiro atoms. The van der Waals surface area contributed by atoms with E-state index in [1.54, 1.807) is 16.8 Å². The van der Waals surface area contributed by atoms with Crippen molar-refractivity contribution in [3.05, 3.63) is 53.5 Å². The van der Waals surface area contributed by atoms with Crippen molar-refractivity contribution in [2.75, 3.05) is 11.9 Å². The van der Waals surface area contributed by atoms with Crippen LogP contribution in [0.15, 0.2) is 48.0 Å². The predicted octanol–water partition coefficient (Wildman–Crippen LogP) is 5.44. The van der Waals surface area contributed by atoms with Crippen molar-refractivity contribution in [3.8, 4) is 17.6 Å². The number of hydrogen-bond donors (Lipinski definition) is 1. The van der Waals surface area contributed by atoms with E-state index in [4.69, 9.17) is 4.74 Å². The predicted molar refractivity (Wildman–Crippen MR) is 116 cm³/mol. The highest BCUT2D eigenvalue weighted by atomic mass is 32.1. The summed E-state index contributed by atoms with van der Waals surface area (Å²) in [6.45, 7) is 2.56. The lowest BCUT2D eigenvalue weighted by atomic mass is 10.1. The molecule has 28 heavy (non-hydrogen) atoms. The number of anilines is 1. The summed E-state index contributed by atoms with van der Waals surface area (Å²) >= 11 is 1.56. The van der Waals surface area contributed by atoms with Gasteiger partial charge in [-0.05, 0) is 62.1 Å². The third kappa shape index (κ3) is 6.11. The Hall–Kier alpha value is -2.84. The Balaban J connectivity index is 1.46. The fourth-order valence-electron chi connectivity index (χ4n) is 2.88. The Kier molecular flexibility index (Phi) is 7.45.